The number of H-pyrrole nitrogens is 1. The second-order valence-electron chi connectivity index (χ2n) is 5.37. The number of aromatic nitrogens is 3. The fourth-order valence-corrected chi connectivity index (χ4v) is 1.77. The molecule has 0 aliphatic heterocycles. The Labute approximate surface area is 134 Å². The van der Waals surface area contributed by atoms with Crippen LogP contribution >= 0.6 is 0 Å². The molecule has 0 saturated carbocycles. The highest BCUT2D eigenvalue weighted by Crippen LogP contribution is 2.29. The van der Waals surface area contributed by atoms with E-state index in [0.29, 0.717) is 18.2 Å². The summed E-state index contributed by atoms with van der Waals surface area (Å²) in [6.07, 6.45) is -4.08. The van der Waals surface area contributed by atoms with Gasteiger partial charge in [0.05, 0.1) is 5.56 Å². The molecule has 0 aliphatic carbocycles. The van der Waals surface area contributed by atoms with Gasteiger partial charge in [-0.3, -0.25) is 9.59 Å². The zero-order valence-corrected chi connectivity index (χ0v) is 12.9. The second kappa shape index (κ2) is 6.85. The Morgan fingerprint density at radius 2 is 2.08 bits per heavy atom. The van der Waals surface area contributed by atoms with Crippen LogP contribution in [0.15, 0.2) is 21.5 Å². The molecule has 10 heteroatoms. The van der Waals surface area contributed by atoms with Gasteiger partial charge in [0.1, 0.15) is 5.69 Å². The Balaban J connectivity index is 2.00. The molecule has 0 unspecified atom stereocenters. The molecule has 2 aromatic rings. The van der Waals surface area contributed by atoms with Crippen LogP contribution < -0.4 is 10.9 Å². The molecule has 2 N–H and O–H groups in total. The summed E-state index contributed by atoms with van der Waals surface area (Å²) < 4.78 is 43.1. The molecule has 0 bridgehead atoms. The van der Waals surface area contributed by atoms with Gasteiger partial charge in [0, 0.05) is 25.0 Å². The first-order valence-electron chi connectivity index (χ1n) is 7.09. The van der Waals surface area contributed by atoms with Crippen molar-refractivity contribution in [1.82, 2.24) is 15.2 Å². The number of alkyl halides is 3. The van der Waals surface area contributed by atoms with E-state index < -0.39 is 28.9 Å². The second-order valence-corrected chi connectivity index (χ2v) is 5.37. The van der Waals surface area contributed by atoms with Crippen molar-refractivity contribution < 1.29 is 22.4 Å². The summed E-state index contributed by atoms with van der Waals surface area (Å²) in [5, 5.41) is 9.72. The summed E-state index contributed by atoms with van der Waals surface area (Å²) in [6, 6.07) is 0.584. The third kappa shape index (κ3) is 4.43. The third-order valence-electron chi connectivity index (χ3n) is 3.05. The topological polar surface area (TPSA) is 101 Å². The van der Waals surface area contributed by atoms with E-state index in [1.54, 1.807) is 0 Å². The van der Waals surface area contributed by atoms with E-state index in [2.05, 4.69) is 15.5 Å². The van der Waals surface area contributed by atoms with E-state index in [1.165, 1.54) is 0 Å². The summed E-state index contributed by atoms with van der Waals surface area (Å²) in [5.41, 5.74) is -2.35. The average molecular weight is 344 g/mol. The van der Waals surface area contributed by atoms with Crippen molar-refractivity contribution in [2.45, 2.75) is 38.8 Å². The van der Waals surface area contributed by atoms with Gasteiger partial charge in [-0.1, -0.05) is 13.8 Å². The number of pyridine rings is 1. The average Bonchev–Trinajstić information content (AvgIpc) is 2.95. The van der Waals surface area contributed by atoms with Gasteiger partial charge < -0.3 is 14.7 Å². The smallest absolute Gasteiger partial charge is 0.417 e. The monoisotopic (exact) mass is 344 g/mol. The normalized spacial score (nSPS) is 11.8. The minimum atomic E-state index is -4.62. The fraction of sp³-hybridized carbons (Fsp3) is 0.429. The summed E-state index contributed by atoms with van der Waals surface area (Å²) in [5.74, 6) is 0.0828. The summed E-state index contributed by atoms with van der Waals surface area (Å²) >= 11 is 0. The van der Waals surface area contributed by atoms with Crippen LogP contribution in [0.1, 0.15) is 43.5 Å². The van der Waals surface area contributed by atoms with Crippen LogP contribution in [0.3, 0.4) is 0 Å². The zero-order chi connectivity index (χ0) is 17.9. The van der Waals surface area contributed by atoms with Gasteiger partial charge in [0.2, 0.25) is 17.7 Å². The van der Waals surface area contributed by atoms with Crippen LogP contribution in [0.4, 0.5) is 18.9 Å². The number of nitrogens with zero attached hydrogens (tertiary/aromatic N) is 2. The van der Waals surface area contributed by atoms with E-state index in [0.717, 1.165) is 0 Å². The van der Waals surface area contributed by atoms with Crippen LogP contribution in [0.25, 0.3) is 0 Å². The van der Waals surface area contributed by atoms with E-state index in [1.807, 2.05) is 18.8 Å². The molecule has 2 rings (SSSR count). The Bertz CT molecular complexity index is 780. The molecular weight excluding hydrogens is 329 g/mol. The van der Waals surface area contributed by atoms with Crippen molar-refractivity contribution in [1.29, 1.82) is 0 Å². The number of aryl methyl sites for hydroxylation is 1. The van der Waals surface area contributed by atoms with Gasteiger partial charge in [-0.2, -0.15) is 13.2 Å². The molecule has 130 valence electrons. The SMILES string of the molecule is CC(C)c1nnc(CCC(=O)Nc2cc(C(F)(F)F)c[nH]c2=O)o1. The lowest BCUT2D eigenvalue weighted by Gasteiger charge is -2.08. The molecule has 0 spiro atoms. The van der Waals surface area contributed by atoms with Gasteiger partial charge in [-0.05, 0) is 6.07 Å². The molecular formula is C14H15F3N4O3. The first kappa shape index (κ1) is 17.7. The highest BCUT2D eigenvalue weighted by Gasteiger charge is 2.31. The largest absolute Gasteiger partial charge is 0.425 e. The Morgan fingerprint density at radius 3 is 2.67 bits per heavy atom. The molecule has 0 fully saturated rings. The third-order valence-corrected chi connectivity index (χ3v) is 3.05. The predicted octanol–water partition coefficient (Wildman–Crippen LogP) is 2.47. The van der Waals surface area contributed by atoms with E-state index in [-0.39, 0.29) is 24.7 Å². The van der Waals surface area contributed by atoms with Gasteiger partial charge in [-0.15, -0.1) is 10.2 Å². The number of carbonyl (C=O) groups excluding carboxylic acids is 1. The minimum Gasteiger partial charge on any atom is -0.425 e. The Hall–Kier alpha value is -2.65. The molecule has 7 nitrogen and oxygen atoms in total. The van der Waals surface area contributed by atoms with Crippen molar-refractivity contribution in [2.75, 3.05) is 5.32 Å². The highest BCUT2D eigenvalue weighted by atomic mass is 19.4. The fourth-order valence-electron chi connectivity index (χ4n) is 1.77. The van der Waals surface area contributed by atoms with Crippen LogP contribution in [0, 0.1) is 0 Å². The zero-order valence-electron chi connectivity index (χ0n) is 12.9. The number of anilines is 1. The molecule has 0 radical (unpaired) electrons. The molecule has 0 atom stereocenters. The number of nitrogens with one attached hydrogen (secondary N) is 2. The van der Waals surface area contributed by atoms with Gasteiger partial charge in [-0.25, -0.2) is 0 Å². The lowest BCUT2D eigenvalue weighted by Crippen LogP contribution is -2.21. The minimum absolute atomic E-state index is 0.0451. The Morgan fingerprint density at radius 1 is 1.38 bits per heavy atom. The number of halogens is 3. The summed E-state index contributed by atoms with van der Waals surface area (Å²) in [6.45, 7) is 3.73. The molecule has 1 amide bonds. The number of hydrogen-bond donors (Lipinski definition) is 2. The Kier molecular flexibility index (Phi) is 5.05. The molecule has 2 heterocycles. The van der Waals surface area contributed by atoms with E-state index in [9.17, 15) is 22.8 Å². The molecule has 2 aromatic heterocycles. The van der Waals surface area contributed by atoms with Crippen molar-refractivity contribution in [2.24, 2.45) is 0 Å². The lowest BCUT2D eigenvalue weighted by atomic mass is 10.2. The number of hydrogen-bond acceptors (Lipinski definition) is 5. The summed E-state index contributed by atoms with van der Waals surface area (Å²) in [7, 11) is 0. The number of rotatable bonds is 5. The van der Waals surface area contributed by atoms with Crippen molar-refractivity contribution in [3.05, 3.63) is 40.0 Å². The quantitative estimate of drug-likeness (QED) is 0.868. The van der Waals surface area contributed by atoms with Crippen LogP contribution in [-0.2, 0) is 17.4 Å². The van der Waals surface area contributed by atoms with Crippen LogP contribution in [0.5, 0.6) is 0 Å². The van der Waals surface area contributed by atoms with E-state index in [4.69, 9.17) is 4.42 Å². The van der Waals surface area contributed by atoms with Gasteiger partial charge in [0.25, 0.3) is 5.56 Å². The van der Waals surface area contributed by atoms with Crippen molar-refractivity contribution in [3.63, 3.8) is 0 Å². The number of aromatic amines is 1. The molecule has 0 aliphatic rings. The predicted molar refractivity (Wildman–Crippen MR) is 77.4 cm³/mol. The first-order chi connectivity index (χ1) is 11.2. The van der Waals surface area contributed by atoms with E-state index >= 15 is 0 Å². The van der Waals surface area contributed by atoms with Gasteiger partial charge >= 0.3 is 6.18 Å². The number of amides is 1. The maximum absolute atomic E-state index is 12.6. The standard InChI is InChI=1S/C14H15F3N4O3/c1-7(2)13-21-20-11(24-13)4-3-10(22)19-9-5-8(14(15,16)17)6-18-12(9)23/h5-7H,3-4H2,1-2H3,(H,18,23)(H,19,22). The highest BCUT2D eigenvalue weighted by molar-refractivity contribution is 5.90. The van der Waals surface area contributed by atoms with Crippen molar-refractivity contribution in [3.8, 4) is 0 Å². The lowest BCUT2D eigenvalue weighted by molar-refractivity contribution is -0.137. The maximum Gasteiger partial charge on any atom is 0.417 e. The first-order valence-corrected chi connectivity index (χ1v) is 7.09. The molecule has 0 aromatic carbocycles. The maximum atomic E-state index is 12.6. The van der Waals surface area contributed by atoms with Crippen LogP contribution in [-0.4, -0.2) is 21.1 Å². The summed E-state index contributed by atoms with van der Waals surface area (Å²) in [4.78, 5) is 25.3. The molecule has 0 saturated heterocycles. The number of carbonyl (C=O) groups is 1. The van der Waals surface area contributed by atoms with Crippen molar-refractivity contribution >= 4 is 11.6 Å². The van der Waals surface area contributed by atoms with Gasteiger partial charge in [0.15, 0.2) is 0 Å². The van der Waals surface area contributed by atoms with Crippen LogP contribution in [0.2, 0.25) is 0 Å². The molecule has 24 heavy (non-hydrogen) atoms.